The van der Waals surface area contributed by atoms with E-state index in [9.17, 15) is 0 Å². The van der Waals surface area contributed by atoms with Crippen LogP contribution in [0.1, 0.15) is 17.5 Å². The minimum absolute atomic E-state index is 0.495. The Morgan fingerprint density at radius 2 is 2.00 bits per heavy atom. The van der Waals surface area contributed by atoms with Crippen molar-refractivity contribution in [2.45, 2.75) is 25.3 Å². The van der Waals surface area contributed by atoms with Gasteiger partial charge in [0.2, 0.25) is 0 Å². The fourth-order valence-electron chi connectivity index (χ4n) is 2.98. The molecule has 0 unspecified atom stereocenters. The van der Waals surface area contributed by atoms with Gasteiger partial charge in [-0.25, -0.2) is 0 Å². The van der Waals surface area contributed by atoms with Gasteiger partial charge in [0.25, 0.3) is 0 Å². The highest BCUT2D eigenvalue weighted by Gasteiger charge is 2.27. The van der Waals surface area contributed by atoms with E-state index in [0.29, 0.717) is 22.6 Å². The van der Waals surface area contributed by atoms with Gasteiger partial charge in [-0.1, -0.05) is 23.2 Å². The molecule has 0 fully saturated rings. The minimum atomic E-state index is 0.495. The Morgan fingerprint density at radius 1 is 1.26 bits per heavy atom. The lowest BCUT2D eigenvalue weighted by Gasteiger charge is -2.35. The molecule has 0 saturated carbocycles. The average Bonchev–Trinajstić information content (AvgIpc) is 2.88. The number of rotatable bonds is 2. The van der Waals surface area contributed by atoms with Gasteiger partial charge in [-0.15, -0.1) is 0 Å². The van der Waals surface area contributed by atoms with E-state index in [0.717, 1.165) is 25.9 Å². The largest absolute Gasteiger partial charge is 0.372 e. The first-order valence-corrected chi connectivity index (χ1v) is 7.30. The minimum Gasteiger partial charge on any atom is -0.372 e. The van der Waals surface area contributed by atoms with Gasteiger partial charge in [-0.2, -0.15) is 0 Å². The summed E-state index contributed by atoms with van der Waals surface area (Å²) in [5.74, 6) is 0. The van der Waals surface area contributed by atoms with Crippen LogP contribution in [-0.2, 0) is 12.8 Å². The van der Waals surface area contributed by atoms with Crippen molar-refractivity contribution in [3.05, 3.63) is 45.2 Å². The summed E-state index contributed by atoms with van der Waals surface area (Å²) in [5, 5.41) is 4.56. The summed E-state index contributed by atoms with van der Waals surface area (Å²) in [6.45, 7) is 1.44. The molecule has 5 heteroatoms. The van der Waals surface area contributed by atoms with Crippen LogP contribution in [-0.4, -0.2) is 24.2 Å². The van der Waals surface area contributed by atoms with Crippen LogP contribution in [0, 0.1) is 0 Å². The molecule has 0 amide bonds. The topological polar surface area (TPSA) is 41.3 Å². The number of nitrogens with zero attached hydrogens (tertiary/aromatic N) is 1. The maximum atomic E-state index is 6.12. The Bertz CT molecular complexity index is 528. The first kappa shape index (κ1) is 13.1. The van der Waals surface area contributed by atoms with Gasteiger partial charge in [0, 0.05) is 24.5 Å². The van der Waals surface area contributed by atoms with Gasteiger partial charge in [0.05, 0.1) is 16.7 Å². The fraction of sp³-hybridized carbons (Fsp3) is 0.429. The molecule has 1 heterocycles. The molecule has 1 aliphatic carbocycles. The first-order valence-electron chi connectivity index (χ1n) is 6.55. The Balaban J connectivity index is 1.82. The Morgan fingerprint density at radius 3 is 2.74 bits per heavy atom. The monoisotopic (exact) mass is 297 g/mol. The summed E-state index contributed by atoms with van der Waals surface area (Å²) in [6, 6.07) is 4.52. The molecule has 0 spiro atoms. The zero-order valence-corrected chi connectivity index (χ0v) is 12.1. The van der Waals surface area contributed by atoms with Gasteiger partial charge < -0.3 is 16.0 Å². The second kappa shape index (κ2) is 5.23. The SMILES string of the molecule is NCC1=CNCN1[C@H]1CCc2cc(Cl)c(Cl)cc2C1. The highest BCUT2D eigenvalue weighted by atomic mass is 35.5. The maximum Gasteiger partial charge on any atom is 0.0873 e. The number of benzene rings is 1. The molecular weight excluding hydrogens is 281 g/mol. The summed E-state index contributed by atoms with van der Waals surface area (Å²) in [5.41, 5.74) is 9.61. The quantitative estimate of drug-likeness (QED) is 0.881. The standard InChI is InChI=1S/C14H17Cl2N3/c15-13-4-9-1-2-11(3-10(9)5-14(13)16)19-8-18-7-12(19)6-17/h4-5,7,11,18H,1-3,6,8,17H2/t11-/m0/s1. The lowest BCUT2D eigenvalue weighted by molar-refractivity contribution is 0.241. The van der Waals surface area contributed by atoms with Crippen LogP contribution in [0.25, 0.3) is 0 Å². The van der Waals surface area contributed by atoms with Crippen molar-refractivity contribution < 1.29 is 0 Å². The van der Waals surface area contributed by atoms with Gasteiger partial charge in [-0.3, -0.25) is 0 Å². The molecule has 1 aliphatic heterocycles. The zero-order chi connectivity index (χ0) is 13.4. The van der Waals surface area contributed by atoms with Crippen LogP contribution < -0.4 is 11.1 Å². The lowest BCUT2D eigenvalue weighted by atomic mass is 9.87. The van der Waals surface area contributed by atoms with E-state index >= 15 is 0 Å². The highest BCUT2D eigenvalue weighted by molar-refractivity contribution is 6.42. The molecule has 0 saturated heterocycles. The third-order valence-corrected chi connectivity index (χ3v) is 4.72. The molecule has 102 valence electrons. The van der Waals surface area contributed by atoms with Crippen molar-refractivity contribution in [2.75, 3.05) is 13.2 Å². The third kappa shape index (κ3) is 2.42. The van der Waals surface area contributed by atoms with Gasteiger partial charge in [0.1, 0.15) is 0 Å². The third-order valence-electron chi connectivity index (χ3n) is 3.99. The van der Waals surface area contributed by atoms with Crippen LogP contribution in [0.3, 0.4) is 0 Å². The molecule has 1 aromatic carbocycles. The van der Waals surface area contributed by atoms with Crippen molar-refractivity contribution in [3.8, 4) is 0 Å². The second-order valence-electron chi connectivity index (χ2n) is 5.10. The molecule has 0 radical (unpaired) electrons. The van der Waals surface area contributed by atoms with Crippen molar-refractivity contribution in [1.29, 1.82) is 0 Å². The average molecular weight is 298 g/mol. The smallest absolute Gasteiger partial charge is 0.0873 e. The summed E-state index contributed by atoms with van der Waals surface area (Å²) >= 11 is 12.2. The molecule has 19 heavy (non-hydrogen) atoms. The van der Waals surface area contributed by atoms with E-state index in [-0.39, 0.29) is 0 Å². The fourth-order valence-corrected chi connectivity index (χ4v) is 3.35. The molecule has 1 atom stereocenters. The van der Waals surface area contributed by atoms with E-state index in [2.05, 4.69) is 10.2 Å². The summed E-state index contributed by atoms with van der Waals surface area (Å²) in [6.07, 6.45) is 5.20. The molecule has 3 nitrogen and oxygen atoms in total. The van der Waals surface area contributed by atoms with E-state index in [1.165, 1.54) is 16.8 Å². The molecule has 3 N–H and O–H groups in total. The van der Waals surface area contributed by atoms with E-state index < -0.39 is 0 Å². The van der Waals surface area contributed by atoms with Gasteiger partial charge in [-0.05, 0) is 42.5 Å². The molecule has 1 aromatic rings. The Kier molecular flexibility index (Phi) is 3.61. The Hall–Kier alpha value is -0.900. The summed E-state index contributed by atoms with van der Waals surface area (Å²) in [7, 11) is 0. The summed E-state index contributed by atoms with van der Waals surface area (Å²) in [4.78, 5) is 2.37. The Labute approximate surface area is 123 Å². The number of nitrogens with two attached hydrogens (primary N) is 1. The lowest BCUT2D eigenvalue weighted by Crippen LogP contribution is -2.40. The normalized spacial score (nSPS) is 21.9. The zero-order valence-electron chi connectivity index (χ0n) is 10.6. The highest BCUT2D eigenvalue weighted by Crippen LogP contribution is 2.32. The predicted molar refractivity (Wildman–Crippen MR) is 79.3 cm³/mol. The van der Waals surface area contributed by atoms with E-state index in [1.54, 1.807) is 0 Å². The molecule has 2 aliphatic rings. The number of hydrogen-bond acceptors (Lipinski definition) is 3. The first-order chi connectivity index (χ1) is 9.19. The van der Waals surface area contributed by atoms with Crippen molar-refractivity contribution in [3.63, 3.8) is 0 Å². The van der Waals surface area contributed by atoms with E-state index in [1.807, 2.05) is 18.3 Å². The number of halogens is 2. The molecular formula is C14H17Cl2N3. The predicted octanol–water partition coefficient (Wildman–Crippen LogP) is 2.51. The van der Waals surface area contributed by atoms with Crippen molar-refractivity contribution in [2.24, 2.45) is 5.73 Å². The molecule has 0 aromatic heterocycles. The van der Waals surface area contributed by atoms with Crippen molar-refractivity contribution >= 4 is 23.2 Å². The number of nitrogens with one attached hydrogen (secondary N) is 1. The van der Waals surface area contributed by atoms with Gasteiger partial charge >= 0.3 is 0 Å². The molecule has 0 bridgehead atoms. The van der Waals surface area contributed by atoms with Crippen LogP contribution in [0.5, 0.6) is 0 Å². The number of hydrogen-bond donors (Lipinski definition) is 2. The second-order valence-corrected chi connectivity index (χ2v) is 5.92. The van der Waals surface area contributed by atoms with Crippen LogP contribution in [0.15, 0.2) is 24.0 Å². The van der Waals surface area contributed by atoms with Crippen LogP contribution in [0.2, 0.25) is 10.0 Å². The summed E-state index contributed by atoms with van der Waals surface area (Å²) < 4.78 is 0. The molecule has 3 rings (SSSR count). The van der Waals surface area contributed by atoms with Gasteiger partial charge in [0.15, 0.2) is 0 Å². The van der Waals surface area contributed by atoms with E-state index in [4.69, 9.17) is 28.9 Å². The maximum absolute atomic E-state index is 6.12. The van der Waals surface area contributed by atoms with Crippen molar-refractivity contribution in [1.82, 2.24) is 10.2 Å². The number of aryl methyl sites for hydroxylation is 1. The van der Waals surface area contributed by atoms with Crippen LogP contribution in [0.4, 0.5) is 0 Å². The van der Waals surface area contributed by atoms with Crippen LogP contribution >= 0.6 is 23.2 Å². The number of fused-ring (bicyclic) bond motifs is 1.